The van der Waals surface area contributed by atoms with Crippen LogP contribution in [0.25, 0.3) is 0 Å². The molecule has 1 aromatic rings. The van der Waals surface area contributed by atoms with Crippen LogP contribution in [-0.2, 0) is 4.79 Å². The molecule has 1 saturated heterocycles. The number of nitrogens with one attached hydrogen (secondary N) is 2. The Morgan fingerprint density at radius 1 is 1.41 bits per heavy atom. The van der Waals surface area contributed by atoms with E-state index < -0.39 is 4.92 Å². The summed E-state index contributed by atoms with van der Waals surface area (Å²) in [6.45, 7) is 5.73. The summed E-state index contributed by atoms with van der Waals surface area (Å²) in [5.41, 5.74) is 1.35. The van der Waals surface area contributed by atoms with Crippen LogP contribution in [0, 0.1) is 17.0 Å². The van der Waals surface area contributed by atoms with Gasteiger partial charge in [-0.1, -0.05) is 0 Å². The zero-order chi connectivity index (χ0) is 15.2. The molecular formula is C14H21ClN4O3. The van der Waals surface area contributed by atoms with E-state index in [0.29, 0.717) is 17.8 Å². The predicted octanol–water partition coefficient (Wildman–Crippen LogP) is 1.56. The molecule has 2 rings (SSSR count). The number of hydrogen-bond donors (Lipinski definition) is 2. The summed E-state index contributed by atoms with van der Waals surface area (Å²) in [5.74, 6) is -0.0890. The maximum absolute atomic E-state index is 12.1. The van der Waals surface area contributed by atoms with Gasteiger partial charge in [0.25, 0.3) is 5.69 Å². The number of carbonyl (C=O) groups excluding carboxylic acids is 1. The lowest BCUT2D eigenvalue weighted by molar-refractivity contribution is -0.384. The third-order valence-corrected chi connectivity index (χ3v) is 3.49. The molecule has 2 N–H and O–H groups in total. The van der Waals surface area contributed by atoms with E-state index in [1.54, 1.807) is 13.0 Å². The molecule has 1 aliphatic rings. The number of anilines is 1. The molecule has 22 heavy (non-hydrogen) atoms. The van der Waals surface area contributed by atoms with Crippen molar-refractivity contribution in [1.82, 2.24) is 10.2 Å². The zero-order valence-corrected chi connectivity index (χ0v) is 13.3. The van der Waals surface area contributed by atoms with Crippen LogP contribution in [0.15, 0.2) is 18.2 Å². The fourth-order valence-corrected chi connectivity index (χ4v) is 2.35. The second-order valence-electron chi connectivity index (χ2n) is 5.18. The lowest BCUT2D eigenvalue weighted by Gasteiger charge is -2.19. The first-order valence-electron chi connectivity index (χ1n) is 7.04. The number of rotatable bonds is 4. The highest BCUT2D eigenvalue weighted by Crippen LogP contribution is 2.21. The molecule has 0 saturated carbocycles. The van der Waals surface area contributed by atoms with Crippen molar-refractivity contribution >= 4 is 29.7 Å². The van der Waals surface area contributed by atoms with E-state index in [4.69, 9.17) is 0 Å². The number of amides is 1. The normalized spacial score (nSPS) is 15.5. The lowest BCUT2D eigenvalue weighted by atomic mass is 10.2. The summed E-state index contributed by atoms with van der Waals surface area (Å²) < 4.78 is 0. The Balaban J connectivity index is 0.00000242. The molecular weight excluding hydrogens is 308 g/mol. The highest BCUT2D eigenvalue weighted by molar-refractivity contribution is 5.93. The van der Waals surface area contributed by atoms with Crippen LogP contribution in [0.3, 0.4) is 0 Å². The molecule has 7 nitrogen and oxygen atoms in total. The lowest BCUT2D eigenvalue weighted by Crippen LogP contribution is -2.35. The van der Waals surface area contributed by atoms with Crippen LogP contribution in [0.1, 0.15) is 12.0 Å². The molecule has 1 amide bonds. The monoisotopic (exact) mass is 328 g/mol. The van der Waals surface area contributed by atoms with Crippen LogP contribution in [-0.4, -0.2) is 48.5 Å². The third-order valence-electron chi connectivity index (χ3n) is 3.49. The van der Waals surface area contributed by atoms with Crippen molar-refractivity contribution < 1.29 is 9.72 Å². The van der Waals surface area contributed by atoms with Crippen LogP contribution in [0.4, 0.5) is 11.4 Å². The van der Waals surface area contributed by atoms with Crippen LogP contribution < -0.4 is 10.6 Å². The van der Waals surface area contributed by atoms with Crippen molar-refractivity contribution in [3.8, 4) is 0 Å². The van der Waals surface area contributed by atoms with Gasteiger partial charge in [0, 0.05) is 30.9 Å². The molecule has 1 fully saturated rings. The number of nitro benzene ring substituents is 1. The topological polar surface area (TPSA) is 87.5 Å². The SMILES string of the molecule is Cc1cc([N+](=O)[O-])ccc1NC(=O)CN1CCCNCC1.Cl. The fraction of sp³-hybridized carbons (Fsp3) is 0.500. The first kappa shape index (κ1) is 18.3. The van der Waals surface area contributed by atoms with Gasteiger partial charge in [-0.25, -0.2) is 0 Å². The number of halogens is 1. The van der Waals surface area contributed by atoms with Crippen LogP contribution in [0.2, 0.25) is 0 Å². The fourth-order valence-electron chi connectivity index (χ4n) is 2.35. The molecule has 0 aromatic heterocycles. The summed E-state index contributed by atoms with van der Waals surface area (Å²) in [6, 6.07) is 4.44. The summed E-state index contributed by atoms with van der Waals surface area (Å²) in [4.78, 5) is 24.4. The average Bonchev–Trinajstić information content (AvgIpc) is 2.69. The summed E-state index contributed by atoms with van der Waals surface area (Å²) in [5, 5.41) is 16.8. The molecule has 0 atom stereocenters. The molecule has 1 aromatic carbocycles. The van der Waals surface area contributed by atoms with E-state index in [0.717, 1.165) is 32.6 Å². The molecule has 1 aliphatic heterocycles. The van der Waals surface area contributed by atoms with Crippen molar-refractivity contribution in [2.75, 3.05) is 38.0 Å². The molecule has 0 spiro atoms. The number of non-ortho nitro benzene ring substituents is 1. The second kappa shape index (κ2) is 8.67. The Bertz CT molecular complexity index is 531. The molecule has 0 unspecified atom stereocenters. The smallest absolute Gasteiger partial charge is 0.269 e. The van der Waals surface area contributed by atoms with Crippen molar-refractivity contribution in [2.24, 2.45) is 0 Å². The number of benzene rings is 1. The van der Waals surface area contributed by atoms with Gasteiger partial charge in [-0.3, -0.25) is 19.8 Å². The first-order chi connectivity index (χ1) is 10.1. The van der Waals surface area contributed by atoms with E-state index >= 15 is 0 Å². The molecule has 122 valence electrons. The Kier molecular flexibility index (Phi) is 7.23. The first-order valence-corrected chi connectivity index (χ1v) is 7.04. The molecule has 0 bridgehead atoms. The van der Waals surface area contributed by atoms with Gasteiger partial charge < -0.3 is 10.6 Å². The zero-order valence-electron chi connectivity index (χ0n) is 12.5. The van der Waals surface area contributed by atoms with Crippen LogP contribution >= 0.6 is 12.4 Å². The number of carbonyl (C=O) groups is 1. The second-order valence-corrected chi connectivity index (χ2v) is 5.18. The molecule has 1 heterocycles. The number of hydrogen-bond acceptors (Lipinski definition) is 5. The van der Waals surface area contributed by atoms with Gasteiger partial charge in [0.05, 0.1) is 11.5 Å². The van der Waals surface area contributed by atoms with Gasteiger partial charge in [-0.2, -0.15) is 0 Å². The Hall–Kier alpha value is -1.70. The van der Waals surface area contributed by atoms with Gasteiger partial charge >= 0.3 is 0 Å². The van der Waals surface area contributed by atoms with Crippen molar-refractivity contribution in [1.29, 1.82) is 0 Å². The average molecular weight is 329 g/mol. The van der Waals surface area contributed by atoms with Gasteiger partial charge in [0.15, 0.2) is 0 Å². The van der Waals surface area contributed by atoms with Crippen molar-refractivity contribution in [3.63, 3.8) is 0 Å². The number of aryl methyl sites for hydroxylation is 1. The standard InChI is InChI=1S/C14H20N4O3.ClH/c1-11-9-12(18(20)21)3-4-13(11)16-14(19)10-17-7-2-5-15-6-8-17;/h3-4,9,15H,2,5-8,10H2,1H3,(H,16,19);1H. The maximum atomic E-state index is 12.1. The maximum Gasteiger partial charge on any atom is 0.269 e. The van der Waals surface area contributed by atoms with Crippen molar-refractivity contribution in [3.05, 3.63) is 33.9 Å². The van der Waals surface area contributed by atoms with Gasteiger partial charge in [-0.15, -0.1) is 12.4 Å². The summed E-state index contributed by atoms with van der Waals surface area (Å²) >= 11 is 0. The van der Waals surface area contributed by atoms with E-state index in [1.165, 1.54) is 12.1 Å². The highest BCUT2D eigenvalue weighted by atomic mass is 35.5. The Labute approximate surface area is 135 Å². The predicted molar refractivity (Wildman–Crippen MR) is 87.6 cm³/mol. The minimum absolute atomic E-state index is 0. The highest BCUT2D eigenvalue weighted by Gasteiger charge is 2.14. The van der Waals surface area contributed by atoms with Crippen molar-refractivity contribution in [2.45, 2.75) is 13.3 Å². The minimum Gasteiger partial charge on any atom is -0.325 e. The van der Waals surface area contributed by atoms with E-state index in [-0.39, 0.29) is 24.0 Å². The van der Waals surface area contributed by atoms with E-state index in [9.17, 15) is 14.9 Å². The number of nitrogens with zero attached hydrogens (tertiary/aromatic N) is 2. The largest absolute Gasteiger partial charge is 0.325 e. The number of nitro groups is 1. The van der Waals surface area contributed by atoms with E-state index in [1.807, 2.05) is 0 Å². The quantitative estimate of drug-likeness (QED) is 0.647. The molecule has 8 heteroatoms. The van der Waals surface area contributed by atoms with E-state index in [2.05, 4.69) is 15.5 Å². The van der Waals surface area contributed by atoms with Gasteiger partial charge in [0.1, 0.15) is 0 Å². The molecule has 0 aliphatic carbocycles. The summed E-state index contributed by atoms with van der Waals surface area (Å²) in [7, 11) is 0. The summed E-state index contributed by atoms with van der Waals surface area (Å²) in [6.07, 6.45) is 1.03. The van der Waals surface area contributed by atoms with Gasteiger partial charge in [0.2, 0.25) is 5.91 Å². The third kappa shape index (κ3) is 5.25. The Morgan fingerprint density at radius 2 is 2.18 bits per heavy atom. The Morgan fingerprint density at radius 3 is 2.86 bits per heavy atom. The molecule has 0 radical (unpaired) electrons. The van der Waals surface area contributed by atoms with Gasteiger partial charge in [-0.05, 0) is 38.1 Å². The van der Waals surface area contributed by atoms with Crippen LogP contribution in [0.5, 0.6) is 0 Å². The minimum atomic E-state index is -0.442.